The number of hydrogen-bond acceptors (Lipinski definition) is 3. The van der Waals surface area contributed by atoms with Crippen LogP contribution in [0.4, 0.5) is 5.69 Å². The second-order valence-corrected chi connectivity index (χ2v) is 4.76. The highest BCUT2D eigenvalue weighted by atomic mass is 16.6. The standard InChI is InChI=1S/C13H18N2O2/c1-10-5-4-6-11(9-10)14-12-7-2-3-8-13(12)15(16)17/h4-6,9,12-14H,2-3,7-8H2,1H3/t12-,13-/m1/s1. The Morgan fingerprint density at radius 3 is 2.82 bits per heavy atom. The molecule has 1 saturated carbocycles. The minimum atomic E-state index is -0.440. The van der Waals surface area contributed by atoms with E-state index in [0.717, 1.165) is 24.9 Å². The van der Waals surface area contributed by atoms with Crippen molar-refractivity contribution in [2.24, 2.45) is 0 Å². The van der Waals surface area contributed by atoms with Gasteiger partial charge in [0, 0.05) is 17.0 Å². The van der Waals surface area contributed by atoms with E-state index in [4.69, 9.17) is 0 Å². The molecule has 1 aliphatic rings. The van der Waals surface area contributed by atoms with Gasteiger partial charge in [-0.1, -0.05) is 18.6 Å². The van der Waals surface area contributed by atoms with Crippen molar-refractivity contribution < 1.29 is 4.92 Å². The van der Waals surface area contributed by atoms with Gasteiger partial charge < -0.3 is 5.32 Å². The Balaban J connectivity index is 2.08. The van der Waals surface area contributed by atoms with Crippen LogP contribution in [-0.2, 0) is 0 Å². The number of nitrogens with one attached hydrogen (secondary N) is 1. The SMILES string of the molecule is Cc1cccc(N[C@@H]2CCCC[C@H]2[N+](=O)[O-])c1. The third-order valence-electron chi connectivity index (χ3n) is 3.37. The van der Waals surface area contributed by atoms with Crippen molar-refractivity contribution in [2.45, 2.75) is 44.7 Å². The first kappa shape index (κ1) is 11.9. The van der Waals surface area contributed by atoms with Crippen molar-refractivity contribution in [3.8, 4) is 0 Å². The maximum absolute atomic E-state index is 11.0. The van der Waals surface area contributed by atoms with Crippen LogP contribution in [0.15, 0.2) is 24.3 Å². The molecule has 4 heteroatoms. The summed E-state index contributed by atoms with van der Waals surface area (Å²) in [6, 6.07) is 7.54. The molecule has 0 heterocycles. The summed E-state index contributed by atoms with van der Waals surface area (Å²) in [5.41, 5.74) is 2.16. The van der Waals surface area contributed by atoms with E-state index < -0.39 is 6.04 Å². The minimum absolute atomic E-state index is 0.0273. The molecule has 0 aliphatic heterocycles. The number of nitrogens with zero attached hydrogens (tertiary/aromatic N) is 1. The highest BCUT2D eigenvalue weighted by molar-refractivity contribution is 5.46. The molecule has 0 aromatic heterocycles. The van der Waals surface area contributed by atoms with Crippen LogP contribution < -0.4 is 5.32 Å². The van der Waals surface area contributed by atoms with Crippen molar-refractivity contribution in [2.75, 3.05) is 5.32 Å². The Morgan fingerprint density at radius 2 is 2.12 bits per heavy atom. The van der Waals surface area contributed by atoms with Crippen LogP contribution in [0.1, 0.15) is 31.2 Å². The largest absolute Gasteiger partial charge is 0.376 e. The lowest BCUT2D eigenvalue weighted by Crippen LogP contribution is -2.41. The Hall–Kier alpha value is -1.58. The van der Waals surface area contributed by atoms with E-state index in [1.54, 1.807) is 0 Å². The molecule has 0 spiro atoms. The average molecular weight is 234 g/mol. The first-order chi connectivity index (χ1) is 8.16. The van der Waals surface area contributed by atoms with Crippen molar-refractivity contribution in [3.05, 3.63) is 39.9 Å². The van der Waals surface area contributed by atoms with E-state index in [-0.39, 0.29) is 11.0 Å². The lowest BCUT2D eigenvalue weighted by molar-refractivity contribution is -0.527. The number of benzene rings is 1. The van der Waals surface area contributed by atoms with E-state index in [1.165, 1.54) is 5.56 Å². The van der Waals surface area contributed by atoms with Gasteiger partial charge in [-0.15, -0.1) is 0 Å². The van der Waals surface area contributed by atoms with Gasteiger partial charge in [0.05, 0.1) is 6.04 Å². The van der Waals surface area contributed by atoms with Crippen molar-refractivity contribution in [1.82, 2.24) is 0 Å². The summed E-state index contributed by atoms with van der Waals surface area (Å²) in [5.74, 6) is 0. The minimum Gasteiger partial charge on any atom is -0.376 e. The number of aryl methyl sites for hydroxylation is 1. The fraction of sp³-hybridized carbons (Fsp3) is 0.538. The molecular weight excluding hydrogens is 216 g/mol. The molecule has 4 nitrogen and oxygen atoms in total. The fourth-order valence-corrected chi connectivity index (χ4v) is 2.48. The number of rotatable bonds is 3. The second-order valence-electron chi connectivity index (χ2n) is 4.76. The molecule has 0 saturated heterocycles. The maximum atomic E-state index is 11.0. The molecule has 1 fully saturated rings. The van der Waals surface area contributed by atoms with E-state index in [0.29, 0.717) is 6.42 Å². The van der Waals surface area contributed by atoms with Crippen LogP contribution in [0.5, 0.6) is 0 Å². The molecule has 1 N–H and O–H groups in total. The number of anilines is 1. The van der Waals surface area contributed by atoms with Crippen LogP contribution in [0, 0.1) is 17.0 Å². The zero-order chi connectivity index (χ0) is 12.3. The van der Waals surface area contributed by atoms with Crippen molar-refractivity contribution in [1.29, 1.82) is 0 Å². The van der Waals surface area contributed by atoms with Gasteiger partial charge in [-0.2, -0.15) is 0 Å². The monoisotopic (exact) mass is 234 g/mol. The molecule has 0 amide bonds. The second kappa shape index (κ2) is 5.17. The summed E-state index contributed by atoms with van der Waals surface area (Å²) in [7, 11) is 0. The highest BCUT2D eigenvalue weighted by Gasteiger charge is 2.33. The van der Waals surface area contributed by atoms with Crippen LogP contribution in [0.2, 0.25) is 0 Å². The lowest BCUT2D eigenvalue weighted by atomic mass is 9.90. The van der Waals surface area contributed by atoms with Crippen LogP contribution in [-0.4, -0.2) is 17.0 Å². The third kappa shape index (κ3) is 2.96. The Bertz CT molecular complexity index is 406. The molecule has 0 unspecified atom stereocenters. The van der Waals surface area contributed by atoms with Gasteiger partial charge in [-0.3, -0.25) is 10.1 Å². The molecule has 92 valence electrons. The fourth-order valence-electron chi connectivity index (χ4n) is 2.48. The average Bonchev–Trinajstić information content (AvgIpc) is 2.29. The van der Waals surface area contributed by atoms with Crippen LogP contribution >= 0.6 is 0 Å². The smallest absolute Gasteiger partial charge is 0.232 e. The van der Waals surface area contributed by atoms with Gasteiger partial charge in [0.2, 0.25) is 6.04 Å². The quantitative estimate of drug-likeness (QED) is 0.646. The predicted molar refractivity (Wildman–Crippen MR) is 67.8 cm³/mol. The molecule has 1 aromatic carbocycles. The first-order valence-corrected chi connectivity index (χ1v) is 6.13. The van der Waals surface area contributed by atoms with Gasteiger partial charge in [0.15, 0.2) is 0 Å². The van der Waals surface area contributed by atoms with Gasteiger partial charge >= 0.3 is 0 Å². The topological polar surface area (TPSA) is 55.2 Å². The maximum Gasteiger partial charge on any atom is 0.232 e. The first-order valence-electron chi connectivity index (χ1n) is 6.13. The van der Waals surface area contributed by atoms with Crippen molar-refractivity contribution >= 4 is 5.69 Å². The highest BCUT2D eigenvalue weighted by Crippen LogP contribution is 2.24. The Kier molecular flexibility index (Phi) is 3.61. The summed E-state index contributed by atoms with van der Waals surface area (Å²) < 4.78 is 0. The van der Waals surface area contributed by atoms with Gasteiger partial charge in [-0.25, -0.2) is 0 Å². The molecule has 1 aliphatic carbocycles. The Labute approximate surface area is 101 Å². The summed E-state index contributed by atoms with van der Waals surface area (Å²) in [6.45, 7) is 2.02. The molecular formula is C13H18N2O2. The number of hydrogen-bond donors (Lipinski definition) is 1. The van der Waals surface area contributed by atoms with E-state index >= 15 is 0 Å². The molecule has 2 rings (SSSR count). The van der Waals surface area contributed by atoms with E-state index in [1.807, 2.05) is 31.2 Å². The predicted octanol–water partition coefficient (Wildman–Crippen LogP) is 2.99. The molecule has 0 bridgehead atoms. The summed E-state index contributed by atoms with van der Waals surface area (Å²) in [4.78, 5) is 10.9. The van der Waals surface area contributed by atoms with Gasteiger partial charge in [0.25, 0.3) is 0 Å². The van der Waals surface area contributed by atoms with Gasteiger partial charge in [0.1, 0.15) is 0 Å². The van der Waals surface area contributed by atoms with E-state index in [2.05, 4.69) is 5.32 Å². The Morgan fingerprint density at radius 1 is 1.35 bits per heavy atom. The summed E-state index contributed by atoms with van der Waals surface area (Å²) >= 11 is 0. The van der Waals surface area contributed by atoms with Crippen molar-refractivity contribution in [3.63, 3.8) is 0 Å². The zero-order valence-corrected chi connectivity index (χ0v) is 10.1. The van der Waals surface area contributed by atoms with Gasteiger partial charge in [-0.05, 0) is 37.5 Å². The molecule has 0 radical (unpaired) electrons. The van der Waals surface area contributed by atoms with E-state index in [9.17, 15) is 10.1 Å². The number of nitro groups is 1. The van der Waals surface area contributed by atoms with Crippen LogP contribution in [0.25, 0.3) is 0 Å². The third-order valence-corrected chi connectivity index (χ3v) is 3.37. The normalized spacial score (nSPS) is 24.3. The molecule has 2 atom stereocenters. The lowest BCUT2D eigenvalue weighted by Gasteiger charge is -2.27. The molecule has 17 heavy (non-hydrogen) atoms. The van der Waals surface area contributed by atoms with Crippen LogP contribution in [0.3, 0.4) is 0 Å². The zero-order valence-electron chi connectivity index (χ0n) is 10.1. The molecule has 1 aromatic rings. The summed E-state index contributed by atoms with van der Waals surface area (Å²) in [6.07, 6.45) is 3.63. The summed E-state index contributed by atoms with van der Waals surface area (Å²) in [5, 5.41) is 14.3.